The summed E-state index contributed by atoms with van der Waals surface area (Å²) in [5, 5.41) is 3.29. The van der Waals surface area contributed by atoms with Gasteiger partial charge in [-0.2, -0.15) is 0 Å². The van der Waals surface area contributed by atoms with E-state index in [9.17, 15) is 14.4 Å². The van der Waals surface area contributed by atoms with Crippen LogP contribution < -0.4 is 5.32 Å². The van der Waals surface area contributed by atoms with Crippen molar-refractivity contribution >= 4 is 40.9 Å². The first kappa shape index (κ1) is 19.4. The molecule has 3 amide bonds. The number of rotatable bonds is 5. The Morgan fingerprint density at radius 2 is 1.52 bits per heavy atom. The lowest BCUT2D eigenvalue weighted by atomic mass is 9.96. The Hall–Kier alpha value is -2.37. The minimum absolute atomic E-state index is 0.135. The van der Waals surface area contributed by atoms with E-state index in [-0.39, 0.29) is 39.7 Å². The van der Waals surface area contributed by atoms with Crippen molar-refractivity contribution in [1.29, 1.82) is 0 Å². The maximum atomic E-state index is 12.6. The Labute approximate surface area is 167 Å². The van der Waals surface area contributed by atoms with Crippen molar-refractivity contribution < 1.29 is 14.4 Å². The van der Waals surface area contributed by atoms with Crippen LogP contribution in [0.5, 0.6) is 0 Å². The van der Waals surface area contributed by atoms with E-state index in [4.69, 9.17) is 23.2 Å². The number of amides is 3. The van der Waals surface area contributed by atoms with Crippen molar-refractivity contribution in [1.82, 2.24) is 10.2 Å². The number of fused-ring (bicyclic) bond motifs is 1. The molecular formula is C20H18Cl2N2O3. The third-order valence-electron chi connectivity index (χ3n) is 4.46. The molecule has 140 valence electrons. The maximum Gasteiger partial charge on any atom is 0.262 e. The lowest BCUT2D eigenvalue weighted by Crippen LogP contribution is -2.42. The number of nitrogens with zero attached hydrogens (tertiary/aromatic N) is 1. The quantitative estimate of drug-likeness (QED) is 0.762. The number of nitrogens with one attached hydrogen (secondary N) is 1. The molecule has 1 N–H and O–H groups in total. The van der Waals surface area contributed by atoms with Gasteiger partial charge in [-0.25, -0.2) is 0 Å². The molecule has 1 heterocycles. The summed E-state index contributed by atoms with van der Waals surface area (Å²) in [6.45, 7) is 3.62. The zero-order chi connectivity index (χ0) is 19.7. The van der Waals surface area contributed by atoms with Crippen LogP contribution >= 0.6 is 23.2 Å². The largest absolute Gasteiger partial charge is 0.347 e. The van der Waals surface area contributed by atoms with Gasteiger partial charge in [-0.1, -0.05) is 67.4 Å². The molecule has 1 atom stereocenters. The minimum atomic E-state index is -0.551. The minimum Gasteiger partial charge on any atom is -0.347 e. The second-order valence-electron chi connectivity index (χ2n) is 6.71. The van der Waals surface area contributed by atoms with Crippen LogP contribution in [0.2, 0.25) is 10.0 Å². The topological polar surface area (TPSA) is 66.5 Å². The van der Waals surface area contributed by atoms with Gasteiger partial charge in [-0.05, 0) is 23.6 Å². The summed E-state index contributed by atoms with van der Waals surface area (Å²) in [6.07, 6.45) is 0. The second-order valence-corrected chi connectivity index (χ2v) is 7.52. The molecule has 0 bridgehead atoms. The maximum absolute atomic E-state index is 12.6. The van der Waals surface area contributed by atoms with E-state index in [0.29, 0.717) is 0 Å². The van der Waals surface area contributed by atoms with E-state index in [1.54, 1.807) is 0 Å². The van der Waals surface area contributed by atoms with E-state index < -0.39 is 17.7 Å². The highest BCUT2D eigenvalue weighted by molar-refractivity contribution is 6.43. The van der Waals surface area contributed by atoms with E-state index in [1.165, 1.54) is 12.1 Å². The summed E-state index contributed by atoms with van der Waals surface area (Å²) in [5.41, 5.74) is 1.28. The highest BCUT2D eigenvalue weighted by Gasteiger charge is 2.37. The number of imide groups is 1. The zero-order valence-corrected chi connectivity index (χ0v) is 16.3. The summed E-state index contributed by atoms with van der Waals surface area (Å²) in [7, 11) is 0. The van der Waals surface area contributed by atoms with Crippen molar-refractivity contribution in [3.05, 3.63) is 69.2 Å². The number of hydrogen-bond donors (Lipinski definition) is 1. The molecule has 2 aromatic carbocycles. The Morgan fingerprint density at radius 3 is 2.00 bits per heavy atom. The lowest BCUT2D eigenvalue weighted by Gasteiger charge is -2.24. The van der Waals surface area contributed by atoms with Gasteiger partial charge in [0.05, 0.1) is 27.2 Å². The number of hydrogen-bond acceptors (Lipinski definition) is 3. The first-order chi connectivity index (χ1) is 12.8. The Balaban J connectivity index is 1.76. The van der Waals surface area contributed by atoms with E-state index >= 15 is 0 Å². The average Bonchev–Trinajstić information content (AvgIpc) is 2.85. The molecule has 0 radical (unpaired) electrons. The molecule has 1 unspecified atom stereocenters. The van der Waals surface area contributed by atoms with Gasteiger partial charge in [0.15, 0.2) is 0 Å². The van der Waals surface area contributed by atoms with E-state index in [2.05, 4.69) is 5.32 Å². The highest BCUT2D eigenvalue weighted by atomic mass is 35.5. The van der Waals surface area contributed by atoms with Crippen LogP contribution in [0.15, 0.2) is 42.5 Å². The molecule has 0 saturated carbocycles. The van der Waals surface area contributed by atoms with Gasteiger partial charge in [0.25, 0.3) is 11.8 Å². The molecule has 0 aliphatic carbocycles. The van der Waals surface area contributed by atoms with Crippen LogP contribution in [0, 0.1) is 5.92 Å². The van der Waals surface area contributed by atoms with Gasteiger partial charge in [-0.3, -0.25) is 19.3 Å². The summed E-state index contributed by atoms with van der Waals surface area (Å²) < 4.78 is 0. The Morgan fingerprint density at radius 1 is 1.00 bits per heavy atom. The molecule has 0 saturated heterocycles. The van der Waals surface area contributed by atoms with Gasteiger partial charge < -0.3 is 5.32 Å². The third-order valence-corrected chi connectivity index (χ3v) is 5.18. The summed E-state index contributed by atoms with van der Waals surface area (Å²) in [4.78, 5) is 38.5. The van der Waals surface area contributed by atoms with E-state index in [1.807, 2.05) is 44.2 Å². The molecule has 2 aromatic rings. The first-order valence-corrected chi connectivity index (χ1v) is 9.24. The van der Waals surface area contributed by atoms with Crippen LogP contribution in [0.3, 0.4) is 0 Å². The molecule has 27 heavy (non-hydrogen) atoms. The Kier molecular flexibility index (Phi) is 5.53. The molecule has 5 nitrogen and oxygen atoms in total. The fourth-order valence-corrected chi connectivity index (χ4v) is 3.41. The summed E-state index contributed by atoms with van der Waals surface area (Å²) >= 11 is 11.9. The van der Waals surface area contributed by atoms with Crippen molar-refractivity contribution in [2.75, 3.05) is 6.54 Å². The molecule has 0 spiro atoms. The monoisotopic (exact) mass is 404 g/mol. The summed E-state index contributed by atoms with van der Waals surface area (Å²) in [5.74, 6) is -1.38. The molecular weight excluding hydrogens is 387 g/mol. The van der Waals surface area contributed by atoms with Crippen LogP contribution in [0.4, 0.5) is 0 Å². The van der Waals surface area contributed by atoms with E-state index in [0.717, 1.165) is 10.5 Å². The summed E-state index contributed by atoms with van der Waals surface area (Å²) in [6, 6.07) is 12.0. The fraction of sp³-hybridized carbons (Fsp3) is 0.250. The predicted octanol–water partition coefficient (Wildman–Crippen LogP) is 4.10. The van der Waals surface area contributed by atoms with Crippen molar-refractivity contribution in [2.45, 2.75) is 19.9 Å². The van der Waals surface area contributed by atoms with Gasteiger partial charge in [0.1, 0.15) is 6.54 Å². The number of carbonyl (C=O) groups is 3. The van der Waals surface area contributed by atoms with Gasteiger partial charge in [0.2, 0.25) is 5.91 Å². The molecule has 0 aromatic heterocycles. The molecule has 3 rings (SSSR count). The van der Waals surface area contributed by atoms with Gasteiger partial charge in [0, 0.05) is 0 Å². The van der Waals surface area contributed by atoms with Crippen molar-refractivity contribution in [3.63, 3.8) is 0 Å². The van der Waals surface area contributed by atoms with Gasteiger partial charge >= 0.3 is 0 Å². The predicted molar refractivity (Wildman–Crippen MR) is 104 cm³/mol. The van der Waals surface area contributed by atoms with Crippen LogP contribution in [0.25, 0.3) is 0 Å². The van der Waals surface area contributed by atoms with Crippen LogP contribution in [0.1, 0.15) is 46.2 Å². The molecule has 1 aliphatic rings. The average molecular weight is 405 g/mol. The Bertz CT molecular complexity index is 872. The standard InChI is InChI=1S/C20H18Cl2N2O3/c1-11(2)18(12-6-4-3-5-7-12)23-17(25)10-24-19(26)13-8-15(21)16(22)9-14(13)20(24)27/h3-9,11,18H,10H2,1-2H3,(H,23,25). The fourth-order valence-electron chi connectivity index (χ4n) is 3.09. The number of benzene rings is 2. The zero-order valence-electron chi connectivity index (χ0n) is 14.8. The third kappa shape index (κ3) is 3.84. The van der Waals surface area contributed by atoms with Crippen molar-refractivity contribution in [3.8, 4) is 0 Å². The number of carbonyl (C=O) groups excluding carboxylic acids is 3. The molecule has 0 fully saturated rings. The first-order valence-electron chi connectivity index (χ1n) is 8.49. The smallest absolute Gasteiger partial charge is 0.262 e. The van der Waals surface area contributed by atoms with Crippen molar-refractivity contribution in [2.24, 2.45) is 5.92 Å². The normalized spacial score (nSPS) is 14.5. The second kappa shape index (κ2) is 7.71. The van der Waals surface area contributed by atoms with Crippen LogP contribution in [-0.4, -0.2) is 29.2 Å². The van der Waals surface area contributed by atoms with Crippen LogP contribution in [-0.2, 0) is 4.79 Å². The molecule has 7 heteroatoms. The highest BCUT2D eigenvalue weighted by Crippen LogP contribution is 2.31. The lowest BCUT2D eigenvalue weighted by molar-refractivity contribution is -0.122. The van der Waals surface area contributed by atoms with Gasteiger partial charge in [-0.15, -0.1) is 0 Å². The molecule has 1 aliphatic heterocycles. The number of halogens is 2. The SMILES string of the molecule is CC(C)C(NC(=O)CN1C(=O)c2cc(Cl)c(Cl)cc2C1=O)c1ccccc1.